The van der Waals surface area contributed by atoms with E-state index in [9.17, 15) is 18.0 Å². The monoisotopic (exact) mass is 281 g/mol. The summed E-state index contributed by atoms with van der Waals surface area (Å²) < 4.78 is 43.1. The first kappa shape index (κ1) is 14.8. The first-order chi connectivity index (χ1) is 8.00. The van der Waals surface area contributed by atoms with Gasteiger partial charge in [0, 0.05) is 6.20 Å². The number of alkyl halides is 3. The van der Waals surface area contributed by atoms with Crippen molar-refractivity contribution in [2.75, 3.05) is 0 Å². The molecule has 0 aliphatic heterocycles. The molecule has 1 aromatic rings. The molecule has 0 atom stereocenters. The predicted molar refractivity (Wildman–Crippen MR) is 59.4 cm³/mol. The minimum absolute atomic E-state index is 0.338. The molecule has 0 amide bonds. The van der Waals surface area contributed by atoms with Crippen LogP contribution in [-0.2, 0) is 10.9 Å². The Morgan fingerprint density at radius 2 is 1.89 bits per heavy atom. The molecule has 1 rings (SSSR count). The van der Waals surface area contributed by atoms with E-state index in [1.165, 1.54) is 0 Å². The Morgan fingerprint density at radius 1 is 1.33 bits per heavy atom. The van der Waals surface area contributed by atoms with Crippen molar-refractivity contribution in [1.82, 2.24) is 4.98 Å². The molecule has 0 aliphatic carbocycles. The molecule has 0 bridgehead atoms. The van der Waals surface area contributed by atoms with Crippen molar-refractivity contribution in [2.24, 2.45) is 0 Å². The molecule has 0 aromatic carbocycles. The van der Waals surface area contributed by atoms with Crippen molar-refractivity contribution < 1.29 is 22.7 Å². The lowest BCUT2D eigenvalue weighted by molar-refractivity contribution is -0.138. The number of halogens is 4. The standard InChI is InChI=1S/C11H11ClF3NO2/c1-10(2,3)18-9(17)6-5-16-8(12)4-7(6)11(13,14)15/h4-5H,1-3H3. The van der Waals surface area contributed by atoms with E-state index < -0.39 is 28.9 Å². The normalized spacial score (nSPS) is 12.4. The second-order valence-corrected chi connectivity index (χ2v) is 4.94. The number of aromatic nitrogens is 1. The van der Waals surface area contributed by atoms with Gasteiger partial charge in [-0.2, -0.15) is 13.2 Å². The van der Waals surface area contributed by atoms with Crippen LogP contribution < -0.4 is 0 Å². The number of esters is 1. The van der Waals surface area contributed by atoms with Crippen LogP contribution in [0.15, 0.2) is 12.3 Å². The third-order valence-electron chi connectivity index (χ3n) is 1.79. The number of carbonyl (C=O) groups excluding carboxylic acids is 1. The van der Waals surface area contributed by atoms with Gasteiger partial charge in [-0.1, -0.05) is 11.6 Å². The third kappa shape index (κ3) is 3.87. The van der Waals surface area contributed by atoms with Crippen LogP contribution >= 0.6 is 11.6 Å². The summed E-state index contributed by atoms with van der Waals surface area (Å²) in [6, 6.07) is 0.598. The highest BCUT2D eigenvalue weighted by Gasteiger charge is 2.37. The molecular weight excluding hydrogens is 271 g/mol. The van der Waals surface area contributed by atoms with Gasteiger partial charge in [-0.15, -0.1) is 0 Å². The largest absolute Gasteiger partial charge is 0.456 e. The number of hydrogen-bond acceptors (Lipinski definition) is 3. The Bertz CT molecular complexity index is 466. The average Bonchev–Trinajstić information content (AvgIpc) is 2.13. The fraction of sp³-hybridized carbons (Fsp3) is 0.455. The van der Waals surface area contributed by atoms with Crippen LogP contribution in [0, 0.1) is 0 Å². The Balaban J connectivity index is 3.21. The van der Waals surface area contributed by atoms with Crippen molar-refractivity contribution in [2.45, 2.75) is 32.5 Å². The number of rotatable bonds is 1. The van der Waals surface area contributed by atoms with E-state index in [2.05, 4.69) is 4.98 Å². The molecule has 18 heavy (non-hydrogen) atoms. The SMILES string of the molecule is CC(C)(C)OC(=O)c1cnc(Cl)cc1C(F)(F)F. The van der Waals surface area contributed by atoms with E-state index in [4.69, 9.17) is 16.3 Å². The van der Waals surface area contributed by atoms with Gasteiger partial charge in [0.25, 0.3) is 0 Å². The molecule has 0 saturated carbocycles. The van der Waals surface area contributed by atoms with Crippen molar-refractivity contribution >= 4 is 17.6 Å². The van der Waals surface area contributed by atoms with Crippen molar-refractivity contribution in [3.63, 3.8) is 0 Å². The molecule has 0 unspecified atom stereocenters. The van der Waals surface area contributed by atoms with Crippen molar-refractivity contribution in [3.05, 3.63) is 28.5 Å². The molecule has 0 saturated heterocycles. The molecule has 100 valence electrons. The summed E-state index contributed by atoms with van der Waals surface area (Å²) in [5, 5.41) is -0.338. The highest BCUT2D eigenvalue weighted by atomic mass is 35.5. The van der Waals surface area contributed by atoms with Gasteiger partial charge in [0.05, 0.1) is 11.1 Å². The summed E-state index contributed by atoms with van der Waals surface area (Å²) in [7, 11) is 0. The third-order valence-corrected chi connectivity index (χ3v) is 2.00. The Hall–Kier alpha value is -1.30. The average molecular weight is 282 g/mol. The van der Waals surface area contributed by atoms with Crippen LogP contribution in [-0.4, -0.2) is 16.6 Å². The first-order valence-electron chi connectivity index (χ1n) is 4.97. The smallest absolute Gasteiger partial charge is 0.417 e. The van der Waals surface area contributed by atoms with Crippen LogP contribution in [0.2, 0.25) is 5.15 Å². The molecule has 0 radical (unpaired) electrons. The quantitative estimate of drug-likeness (QED) is 0.582. The van der Waals surface area contributed by atoms with E-state index in [1.54, 1.807) is 20.8 Å². The van der Waals surface area contributed by atoms with Gasteiger partial charge in [0.1, 0.15) is 10.8 Å². The summed E-state index contributed by atoms with van der Waals surface area (Å²) in [6.45, 7) is 4.67. The van der Waals surface area contributed by atoms with Crippen molar-refractivity contribution in [1.29, 1.82) is 0 Å². The van der Waals surface area contributed by atoms with Crippen LogP contribution in [0.3, 0.4) is 0 Å². The Labute approximate surface area is 107 Å². The molecule has 3 nitrogen and oxygen atoms in total. The number of ether oxygens (including phenoxy) is 1. The first-order valence-corrected chi connectivity index (χ1v) is 5.34. The Kier molecular flexibility index (Phi) is 3.90. The fourth-order valence-corrected chi connectivity index (χ4v) is 1.32. The zero-order valence-corrected chi connectivity index (χ0v) is 10.7. The van der Waals surface area contributed by atoms with Crippen LogP contribution in [0.25, 0.3) is 0 Å². The maximum absolute atomic E-state index is 12.7. The predicted octanol–water partition coefficient (Wildman–Crippen LogP) is 3.71. The summed E-state index contributed by atoms with van der Waals surface area (Å²) >= 11 is 5.40. The van der Waals surface area contributed by atoms with Crippen LogP contribution in [0.5, 0.6) is 0 Å². The fourth-order valence-electron chi connectivity index (χ4n) is 1.16. The van der Waals surface area contributed by atoms with Gasteiger partial charge < -0.3 is 4.74 Å². The lowest BCUT2D eigenvalue weighted by atomic mass is 10.1. The van der Waals surface area contributed by atoms with Gasteiger partial charge >= 0.3 is 12.1 Å². The van der Waals surface area contributed by atoms with Crippen LogP contribution in [0.4, 0.5) is 13.2 Å². The minimum atomic E-state index is -4.70. The van der Waals surface area contributed by atoms with Gasteiger partial charge in [-0.25, -0.2) is 9.78 Å². The minimum Gasteiger partial charge on any atom is -0.456 e. The molecule has 1 heterocycles. The highest BCUT2D eigenvalue weighted by Crippen LogP contribution is 2.33. The maximum Gasteiger partial charge on any atom is 0.417 e. The number of hydrogen-bond donors (Lipinski definition) is 0. The summed E-state index contributed by atoms with van der Waals surface area (Å²) in [4.78, 5) is 15.1. The summed E-state index contributed by atoms with van der Waals surface area (Å²) in [6.07, 6.45) is -3.93. The summed E-state index contributed by atoms with van der Waals surface area (Å²) in [5.41, 5.74) is -2.70. The second kappa shape index (κ2) is 4.76. The number of carbonyl (C=O) groups is 1. The van der Waals surface area contributed by atoms with E-state index >= 15 is 0 Å². The number of pyridine rings is 1. The number of nitrogens with zero attached hydrogens (tertiary/aromatic N) is 1. The maximum atomic E-state index is 12.7. The van der Waals surface area contributed by atoms with Crippen LogP contribution in [0.1, 0.15) is 36.7 Å². The molecule has 0 spiro atoms. The zero-order chi connectivity index (χ0) is 14.1. The molecule has 0 fully saturated rings. The van der Waals surface area contributed by atoms with Gasteiger partial charge in [0.15, 0.2) is 0 Å². The molecular formula is C11H11ClF3NO2. The molecule has 7 heteroatoms. The molecule has 0 aliphatic rings. The van der Waals surface area contributed by atoms with E-state index in [-0.39, 0.29) is 5.15 Å². The second-order valence-electron chi connectivity index (χ2n) is 4.55. The Morgan fingerprint density at radius 3 is 2.33 bits per heavy atom. The lowest BCUT2D eigenvalue weighted by Gasteiger charge is -2.20. The zero-order valence-electron chi connectivity index (χ0n) is 9.93. The van der Waals surface area contributed by atoms with Gasteiger partial charge in [-0.3, -0.25) is 0 Å². The molecule has 1 aromatic heterocycles. The van der Waals surface area contributed by atoms with E-state index in [0.29, 0.717) is 6.07 Å². The van der Waals surface area contributed by atoms with Gasteiger partial charge in [-0.05, 0) is 26.8 Å². The van der Waals surface area contributed by atoms with E-state index in [0.717, 1.165) is 6.20 Å². The topological polar surface area (TPSA) is 39.2 Å². The lowest BCUT2D eigenvalue weighted by Crippen LogP contribution is -2.26. The van der Waals surface area contributed by atoms with Gasteiger partial charge in [0.2, 0.25) is 0 Å². The molecule has 0 N–H and O–H groups in total. The van der Waals surface area contributed by atoms with Crippen molar-refractivity contribution in [3.8, 4) is 0 Å². The highest BCUT2D eigenvalue weighted by molar-refractivity contribution is 6.29. The van der Waals surface area contributed by atoms with E-state index in [1.807, 2.05) is 0 Å². The summed E-state index contributed by atoms with van der Waals surface area (Å²) in [5.74, 6) is -1.08.